The molecule has 3 rings (SSSR count). The Labute approximate surface area is 135 Å². The second kappa shape index (κ2) is 6.92. The van der Waals surface area contributed by atoms with Gasteiger partial charge in [-0.25, -0.2) is 0 Å². The molecule has 1 fully saturated rings. The molecule has 0 radical (unpaired) electrons. The van der Waals surface area contributed by atoms with Crippen LogP contribution >= 0.6 is 0 Å². The van der Waals surface area contributed by atoms with Crippen LogP contribution in [-0.4, -0.2) is 41.4 Å². The van der Waals surface area contributed by atoms with E-state index in [4.69, 9.17) is 6.42 Å². The minimum absolute atomic E-state index is 0.115. The number of aromatic amines is 1. The Hall–Kier alpha value is -2.20. The topological polar surface area (TPSA) is 94.5 Å². The average Bonchev–Trinajstić information content (AvgIpc) is 3.17. The summed E-state index contributed by atoms with van der Waals surface area (Å²) in [4.78, 5) is 12.4. The third-order valence-corrected chi connectivity index (χ3v) is 4.50. The number of aromatic nitrogens is 2. The molecule has 1 unspecified atom stereocenters. The van der Waals surface area contributed by atoms with Crippen molar-refractivity contribution in [1.29, 1.82) is 0 Å². The van der Waals surface area contributed by atoms with E-state index in [9.17, 15) is 4.79 Å². The minimum atomic E-state index is -0.357. The van der Waals surface area contributed by atoms with Crippen molar-refractivity contribution in [3.8, 4) is 12.3 Å². The van der Waals surface area contributed by atoms with Gasteiger partial charge in [0.2, 0.25) is 0 Å². The van der Waals surface area contributed by atoms with E-state index in [2.05, 4.69) is 37.0 Å². The van der Waals surface area contributed by atoms with Crippen LogP contribution in [-0.2, 0) is 0 Å². The van der Waals surface area contributed by atoms with Gasteiger partial charge in [-0.1, -0.05) is 0 Å². The average molecular weight is 314 g/mol. The summed E-state index contributed by atoms with van der Waals surface area (Å²) >= 11 is 0. The highest BCUT2D eigenvalue weighted by atomic mass is 16.1. The summed E-state index contributed by atoms with van der Waals surface area (Å²) < 4.78 is 0. The summed E-state index contributed by atoms with van der Waals surface area (Å²) in [6, 6.07) is 0. The Morgan fingerprint density at radius 3 is 3.04 bits per heavy atom. The summed E-state index contributed by atoms with van der Waals surface area (Å²) in [5.74, 6) is 2.83. The van der Waals surface area contributed by atoms with Crippen molar-refractivity contribution in [3.63, 3.8) is 0 Å². The Morgan fingerprint density at radius 1 is 1.48 bits per heavy atom. The smallest absolute Gasteiger partial charge is 0.269 e. The first-order valence-electron chi connectivity index (χ1n) is 8.14. The van der Waals surface area contributed by atoms with Gasteiger partial charge >= 0.3 is 0 Å². The SMILES string of the molecule is C#CCCC1(CCNC(=O)c2[nH]ncc2C2CCCNC2)N=N1. The van der Waals surface area contributed by atoms with Gasteiger partial charge in [-0.3, -0.25) is 9.89 Å². The maximum atomic E-state index is 12.4. The zero-order chi connectivity index (χ0) is 16.1. The molecule has 7 nitrogen and oxygen atoms in total. The molecule has 0 aliphatic carbocycles. The Balaban J connectivity index is 1.51. The van der Waals surface area contributed by atoms with Crippen molar-refractivity contribution in [1.82, 2.24) is 20.8 Å². The molecule has 2 aliphatic rings. The van der Waals surface area contributed by atoms with Crippen LogP contribution in [0.4, 0.5) is 0 Å². The molecule has 1 aromatic rings. The van der Waals surface area contributed by atoms with Crippen molar-refractivity contribution in [2.45, 2.75) is 43.7 Å². The summed E-state index contributed by atoms with van der Waals surface area (Å²) in [5.41, 5.74) is 1.21. The highest BCUT2D eigenvalue weighted by molar-refractivity contribution is 5.93. The summed E-state index contributed by atoms with van der Waals surface area (Å²) in [5, 5.41) is 21.3. The first kappa shape index (κ1) is 15.7. The molecule has 3 heterocycles. The third-order valence-electron chi connectivity index (χ3n) is 4.50. The Bertz CT molecular complexity index is 617. The number of nitrogens with zero attached hydrogens (tertiary/aromatic N) is 3. The lowest BCUT2D eigenvalue weighted by Gasteiger charge is -2.22. The first-order chi connectivity index (χ1) is 11.2. The van der Waals surface area contributed by atoms with Crippen LogP contribution in [0.15, 0.2) is 16.4 Å². The predicted octanol–water partition coefficient (Wildman–Crippen LogP) is 1.57. The highest BCUT2D eigenvalue weighted by Gasteiger charge is 2.38. The van der Waals surface area contributed by atoms with Crippen LogP contribution in [0, 0.1) is 12.3 Å². The number of rotatable bonds is 7. The molecule has 2 aliphatic heterocycles. The maximum absolute atomic E-state index is 12.4. The largest absolute Gasteiger partial charge is 0.351 e. The fourth-order valence-electron chi connectivity index (χ4n) is 3.04. The second-order valence-corrected chi connectivity index (χ2v) is 6.14. The number of terminal acetylenes is 1. The normalized spacial score (nSPS) is 21.6. The molecule has 1 amide bonds. The molecular weight excluding hydrogens is 292 g/mol. The standard InChI is InChI=1S/C16H22N6O/c1-2-3-6-16(21-22-16)7-9-18-15(23)14-13(11-19-20-14)12-5-4-8-17-10-12/h1,11-12,17H,3-10H2,(H,18,23)(H,19,20). The van der Waals surface area contributed by atoms with E-state index in [0.717, 1.165) is 37.9 Å². The number of amides is 1. The number of H-pyrrole nitrogens is 1. The van der Waals surface area contributed by atoms with Gasteiger partial charge < -0.3 is 10.6 Å². The summed E-state index contributed by atoms with van der Waals surface area (Å²) in [7, 11) is 0. The van der Waals surface area contributed by atoms with Gasteiger partial charge in [-0.05, 0) is 19.4 Å². The number of piperidine rings is 1. The number of hydrogen-bond acceptors (Lipinski definition) is 5. The van der Waals surface area contributed by atoms with E-state index in [1.54, 1.807) is 6.20 Å². The molecule has 0 bridgehead atoms. The number of carbonyl (C=O) groups excluding carboxylic acids is 1. The molecule has 3 N–H and O–H groups in total. The van der Waals surface area contributed by atoms with Crippen molar-refractivity contribution >= 4 is 5.91 Å². The van der Waals surface area contributed by atoms with Gasteiger partial charge in [0.25, 0.3) is 5.91 Å². The fraction of sp³-hybridized carbons (Fsp3) is 0.625. The summed E-state index contributed by atoms with van der Waals surface area (Å²) in [6.45, 7) is 2.47. The van der Waals surface area contributed by atoms with Gasteiger partial charge in [0.05, 0.1) is 6.20 Å². The lowest BCUT2D eigenvalue weighted by atomic mass is 9.92. The van der Waals surface area contributed by atoms with Crippen molar-refractivity contribution in [2.24, 2.45) is 10.2 Å². The molecule has 1 aromatic heterocycles. The fourth-order valence-corrected chi connectivity index (χ4v) is 3.04. The van der Waals surface area contributed by atoms with Crippen molar-refractivity contribution in [2.75, 3.05) is 19.6 Å². The molecule has 7 heteroatoms. The molecule has 122 valence electrons. The molecule has 23 heavy (non-hydrogen) atoms. The van der Waals surface area contributed by atoms with Crippen LogP contribution in [0.5, 0.6) is 0 Å². The van der Waals surface area contributed by atoms with Crippen molar-refractivity contribution < 1.29 is 4.79 Å². The van der Waals surface area contributed by atoms with Crippen LogP contribution in [0.2, 0.25) is 0 Å². The predicted molar refractivity (Wildman–Crippen MR) is 86.0 cm³/mol. The molecule has 1 saturated heterocycles. The van der Waals surface area contributed by atoms with Crippen LogP contribution in [0.25, 0.3) is 0 Å². The van der Waals surface area contributed by atoms with Crippen molar-refractivity contribution in [3.05, 3.63) is 17.5 Å². The minimum Gasteiger partial charge on any atom is -0.351 e. The third kappa shape index (κ3) is 3.77. The number of hydrogen-bond donors (Lipinski definition) is 3. The van der Waals surface area contributed by atoms with E-state index in [1.165, 1.54) is 0 Å². The molecule has 1 atom stereocenters. The molecule has 0 spiro atoms. The van der Waals surface area contributed by atoms with Crippen LogP contribution < -0.4 is 10.6 Å². The van der Waals surface area contributed by atoms with Gasteiger partial charge in [-0.2, -0.15) is 15.3 Å². The van der Waals surface area contributed by atoms with E-state index in [0.29, 0.717) is 31.0 Å². The quantitative estimate of drug-likeness (QED) is 0.667. The van der Waals surface area contributed by atoms with E-state index < -0.39 is 0 Å². The molecule has 0 aromatic carbocycles. The van der Waals surface area contributed by atoms with Crippen LogP contribution in [0.1, 0.15) is 54.1 Å². The number of nitrogens with one attached hydrogen (secondary N) is 3. The van der Waals surface area contributed by atoms with E-state index in [1.807, 2.05) is 0 Å². The first-order valence-corrected chi connectivity index (χ1v) is 8.14. The maximum Gasteiger partial charge on any atom is 0.269 e. The van der Waals surface area contributed by atoms with Gasteiger partial charge in [0, 0.05) is 43.8 Å². The number of carbonyl (C=O) groups is 1. The zero-order valence-corrected chi connectivity index (χ0v) is 13.1. The second-order valence-electron chi connectivity index (χ2n) is 6.14. The summed E-state index contributed by atoms with van der Waals surface area (Å²) in [6.07, 6.45) is 11.3. The van der Waals surface area contributed by atoms with E-state index in [-0.39, 0.29) is 11.6 Å². The lowest BCUT2D eigenvalue weighted by Crippen LogP contribution is -2.32. The van der Waals surface area contributed by atoms with Gasteiger partial charge in [0.1, 0.15) is 5.69 Å². The van der Waals surface area contributed by atoms with Crippen LogP contribution in [0.3, 0.4) is 0 Å². The monoisotopic (exact) mass is 314 g/mol. The molecule has 0 saturated carbocycles. The lowest BCUT2D eigenvalue weighted by molar-refractivity contribution is 0.0945. The Morgan fingerprint density at radius 2 is 2.35 bits per heavy atom. The zero-order valence-electron chi connectivity index (χ0n) is 13.1. The molecular formula is C16H22N6O. The van der Waals surface area contributed by atoms with E-state index >= 15 is 0 Å². The van der Waals surface area contributed by atoms with Gasteiger partial charge in [-0.15, -0.1) is 12.3 Å². The Kier molecular flexibility index (Phi) is 4.72. The van der Waals surface area contributed by atoms with Gasteiger partial charge in [0.15, 0.2) is 5.66 Å². The highest BCUT2D eigenvalue weighted by Crippen LogP contribution is 2.36.